The first-order valence-corrected chi connectivity index (χ1v) is 10.4. The minimum atomic E-state index is 0.0324. The summed E-state index contributed by atoms with van der Waals surface area (Å²) < 4.78 is 2.97. The summed E-state index contributed by atoms with van der Waals surface area (Å²) in [6.07, 6.45) is 8.39. The fourth-order valence-corrected chi connectivity index (χ4v) is 4.16. The zero-order valence-electron chi connectivity index (χ0n) is 15.4. The van der Waals surface area contributed by atoms with Gasteiger partial charge in [-0.25, -0.2) is 9.67 Å². The average Bonchev–Trinajstić information content (AvgIpc) is 3.34. The quantitative estimate of drug-likeness (QED) is 0.786. The van der Waals surface area contributed by atoms with Crippen LogP contribution < -0.4 is 10.2 Å². The van der Waals surface area contributed by atoms with E-state index >= 15 is 0 Å². The van der Waals surface area contributed by atoms with E-state index in [9.17, 15) is 4.79 Å². The summed E-state index contributed by atoms with van der Waals surface area (Å²) in [6, 6.07) is 6.36. The summed E-state index contributed by atoms with van der Waals surface area (Å²) in [5, 5.41) is 7.47. The zero-order valence-corrected chi connectivity index (χ0v) is 16.9. The van der Waals surface area contributed by atoms with Crippen LogP contribution in [0.15, 0.2) is 35.1 Å². The van der Waals surface area contributed by atoms with Crippen molar-refractivity contribution in [2.75, 3.05) is 42.9 Å². The molecule has 0 spiro atoms. The molecule has 144 valence electrons. The fourth-order valence-electron chi connectivity index (χ4n) is 3.93. The van der Waals surface area contributed by atoms with Crippen LogP contribution in [0.3, 0.4) is 0 Å². The van der Waals surface area contributed by atoms with E-state index in [4.69, 9.17) is 0 Å². The van der Waals surface area contributed by atoms with Gasteiger partial charge in [-0.2, -0.15) is 5.10 Å². The van der Waals surface area contributed by atoms with E-state index in [1.807, 2.05) is 29.1 Å². The highest BCUT2D eigenvalue weighted by molar-refractivity contribution is 9.10. The van der Waals surface area contributed by atoms with Gasteiger partial charge in [-0.1, -0.05) is 12.8 Å². The standard InChI is InChI=1S/C19H25BrN6O/c20-15-5-6-17(21-13-15)25-11-9-24(10-12-25)14-19(27)23-18-7-8-22-26(18)16-3-1-2-4-16/h5-8,13,16H,1-4,9-12,14H2,(H,23,27). The van der Waals surface area contributed by atoms with E-state index in [0.717, 1.165) is 55.1 Å². The van der Waals surface area contributed by atoms with E-state index in [2.05, 4.69) is 41.1 Å². The highest BCUT2D eigenvalue weighted by atomic mass is 79.9. The van der Waals surface area contributed by atoms with E-state index in [0.29, 0.717) is 12.6 Å². The Bertz CT molecular complexity index is 763. The molecule has 1 aliphatic heterocycles. The van der Waals surface area contributed by atoms with E-state index < -0.39 is 0 Å². The number of nitrogens with zero attached hydrogens (tertiary/aromatic N) is 5. The lowest BCUT2D eigenvalue weighted by Gasteiger charge is -2.35. The maximum atomic E-state index is 12.5. The molecule has 1 N–H and O–H groups in total. The lowest BCUT2D eigenvalue weighted by molar-refractivity contribution is -0.117. The molecule has 27 heavy (non-hydrogen) atoms. The number of rotatable bonds is 5. The third-order valence-corrected chi connectivity index (χ3v) is 5.85. The van der Waals surface area contributed by atoms with Gasteiger partial charge in [0.05, 0.1) is 18.8 Å². The molecule has 0 aromatic carbocycles. The molecule has 1 amide bonds. The molecule has 2 aromatic heterocycles. The monoisotopic (exact) mass is 432 g/mol. The number of hydrogen-bond donors (Lipinski definition) is 1. The summed E-state index contributed by atoms with van der Waals surface area (Å²) in [4.78, 5) is 21.4. The Hall–Kier alpha value is -1.93. The third kappa shape index (κ3) is 4.50. The van der Waals surface area contributed by atoms with Crippen LogP contribution in [-0.2, 0) is 4.79 Å². The first kappa shape index (κ1) is 18.4. The van der Waals surface area contributed by atoms with Gasteiger partial charge >= 0.3 is 0 Å². The first-order valence-electron chi connectivity index (χ1n) is 9.61. The number of nitrogens with one attached hydrogen (secondary N) is 1. The normalized spacial score (nSPS) is 18.8. The molecule has 2 fully saturated rings. The second-order valence-corrected chi connectivity index (χ2v) is 8.16. The Kier molecular flexibility index (Phi) is 5.73. The van der Waals surface area contributed by atoms with Crippen molar-refractivity contribution in [2.24, 2.45) is 0 Å². The second kappa shape index (κ2) is 8.39. The van der Waals surface area contributed by atoms with Crippen LogP contribution in [0.2, 0.25) is 0 Å². The summed E-state index contributed by atoms with van der Waals surface area (Å²) in [5.74, 6) is 1.84. The molecule has 1 saturated carbocycles. The van der Waals surface area contributed by atoms with Gasteiger partial charge < -0.3 is 10.2 Å². The van der Waals surface area contributed by atoms with Crippen molar-refractivity contribution in [1.29, 1.82) is 0 Å². The minimum Gasteiger partial charge on any atom is -0.354 e. The molecule has 1 aliphatic carbocycles. The molecule has 0 atom stereocenters. The Morgan fingerprint density at radius 2 is 1.93 bits per heavy atom. The second-order valence-electron chi connectivity index (χ2n) is 7.25. The number of amides is 1. The highest BCUT2D eigenvalue weighted by Crippen LogP contribution is 2.31. The SMILES string of the molecule is O=C(CN1CCN(c2ccc(Br)cn2)CC1)Nc1ccnn1C1CCCC1. The van der Waals surface area contributed by atoms with Crippen molar-refractivity contribution >= 4 is 33.5 Å². The number of carbonyl (C=O) groups excluding carboxylic acids is 1. The number of pyridine rings is 1. The molecule has 7 nitrogen and oxygen atoms in total. The molecule has 3 heterocycles. The lowest BCUT2D eigenvalue weighted by Crippen LogP contribution is -2.49. The van der Waals surface area contributed by atoms with Gasteiger partial charge in [0.15, 0.2) is 0 Å². The van der Waals surface area contributed by atoms with Crippen LogP contribution in [0, 0.1) is 0 Å². The van der Waals surface area contributed by atoms with E-state index in [-0.39, 0.29) is 5.91 Å². The van der Waals surface area contributed by atoms with Gasteiger partial charge in [0, 0.05) is 42.9 Å². The molecular weight excluding hydrogens is 408 g/mol. The maximum Gasteiger partial charge on any atom is 0.239 e. The van der Waals surface area contributed by atoms with Crippen LogP contribution in [0.5, 0.6) is 0 Å². The Labute approximate surface area is 167 Å². The maximum absolute atomic E-state index is 12.5. The Balaban J connectivity index is 1.27. The van der Waals surface area contributed by atoms with Crippen LogP contribution in [0.25, 0.3) is 0 Å². The number of carbonyl (C=O) groups is 1. The number of anilines is 2. The number of hydrogen-bond acceptors (Lipinski definition) is 5. The lowest BCUT2D eigenvalue weighted by atomic mass is 10.2. The molecule has 8 heteroatoms. The van der Waals surface area contributed by atoms with Gasteiger partial charge in [-0.3, -0.25) is 9.69 Å². The molecule has 0 radical (unpaired) electrons. The minimum absolute atomic E-state index is 0.0324. The molecule has 4 rings (SSSR count). The molecule has 0 bridgehead atoms. The van der Waals surface area contributed by atoms with Crippen molar-refractivity contribution < 1.29 is 4.79 Å². The number of aromatic nitrogens is 3. The van der Waals surface area contributed by atoms with Gasteiger partial charge in [0.1, 0.15) is 11.6 Å². The predicted octanol–water partition coefficient (Wildman–Crippen LogP) is 2.92. The third-order valence-electron chi connectivity index (χ3n) is 5.38. The first-order chi connectivity index (χ1) is 13.2. The summed E-state index contributed by atoms with van der Waals surface area (Å²) in [5.41, 5.74) is 0. The molecule has 2 aromatic rings. The average molecular weight is 433 g/mol. The largest absolute Gasteiger partial charge is 0.354 e. The summed E-state index contributed by atoms with van der Waals surface area (Å²) in [7, 11) is 0. The van der Waals surface area contributed by atoms with E-state index in [1.165, 1.54) is 12.8 Å². The number of halogens is 1. The van der Waals surface area contributed by atoms with Gasteiger partial charge in [-0.15, -0.1) is 0 Å². The zero-order chi connectivity index (χ0) is 18.6. The predicted molar refractivity (Wildman–Crippen MR) is 109 cm³/mol. The van der Waals surface area contributed by atoms with Crippen LogP contribution in [0.4, 0.5) is 11.6 Å². The van der Waals surface area contributed by atoms with Crippen molar-refractivity contribution in [3.05, 3.63) is 35.1 Å². The van der Waals surface area contributed by atoms with Gasteiger partial charge in [0.25, 0.3) is 0 Å². The number of piperazine rings is 1. The van der Waals surface area contributed by atoms with Crippen molar-refractivity contribution in [3.8, 4) is 0 Å². The van der Waals surface area contributed by atoms with Crippen molar-refractivity contribution in [2.45, 2.75) is 31.7 Å². The Morgan fingerprint density at radius 1 is 1.15 bits per heavy atom. The van der Waals surface area contributed by atoms with Gasteiger partial charge in [-0.05, 0) is 40.9 Å². The highest BCUT2D eigenvalue weighted by Gasteiger charge is 2.22. The topological polar surface area (TPSA) is 66.3 Å². The fraction of sp³-hybridized carbons (Fsp3) is 0.526. The van der Waals surface area contributed by atoms with E-state index in [1.54, 1.807) is 6.20 Å². The Morgan fingerprint density at radius 3 is 2.63 bits per heavy atom. The molecule has 0 unspecified atom stereocenters. The van der Waals surface area contributed by atoms with Crippen LogP contribution in [-0.4, -0.2) is 58.3 Å². The van der Waals surface area contributed by atoms with Crippen LogP contribution >= 0.6 is 15.9 Å². The van der Waals surface area contributed by atoms with Crippen molar-refractivity contribution in [1.82, 2.24) is 19.7 Å². The summed E-state index contributed by atoms with van der Waals surface area (Å²) in [6.45, 7) is 3.88. The van der Waals surface area contributed by atoms with Gasteiger partial charge in [0.2, 0.25) is 5.91 Å². The summed E-state index contributed by atoms with van der Waals surface area (Å²) >= 11 is 3.42. The smallest absolute Gasteiger partial charge is 0.239 e. The molecular formula is C19H25BrN6O. The molecule has 1 saturated heterocycles. The van der Waals surface area contributed by atoms with Crippen molar-refractivity contribution in [3.63, 3.8) is 0 Å². The molecule has 2 aliphatic rings. The van der Waals surface area contributed by atoms with Crippen LogP contribution in [0.1, 0.15) is 31.7 Å².